The summed E-state index contributed by atoms with van der Waals surface area (Å²) in [4.78, 5) is 14.2. The van der Waals surface area contributed by atoms with Crippen molar-refractivity contribution in [3.05, 3.63) is 63.6 Å². The predicted molar refractivity (Wildman–Crippen MR) is 87.8 cm³/mol. The lowest BCUT2D eigenvalue weighted by Gasteiger charge is -2.26. The number of halogens is 2. The summed E-state index contributed by atoms with van der Waals surface area (Å²) < 4.78 is 0. The molecule has 0 spiro atoms. The number of nitrogen functional groups attached to an aromatic ring is 1. The maximum Gasteiger partial charge on any atom is 0.256 e. The smallest absolute Gasteiger partial charge is 0.256 e. The predicted octanol–water partition coefficient (Wildman–Crippen LogP) is 4.41. The SMILES string of the molecule is CC(c1cccc(Cl)c1)N(C)C(=O)c1cc(Cl)ccc1N. The molecule has 2 aromatic carbocycles. The molecule has 2 aromatic rings. The summed E-state index contributed by atoms with van der Waals surface area (Å²) in [6.45, 7) is 1.93. The first-order valence-corrected chi connectivity index (χ1v) is 7.23. The van der Waals surface area contributed by atoms with E-state index in [-0.39, 0.29) is 11.9 Å². The number of rotatable bonds is 3. The Bertz CT molecular complexity index is 673. The van der Waals surface area contributed by atoms with Gasteiger partial charge in [-0.15, -0.1) is 0 Å². The largest absolute Gasteiger partial charge is 0.398 e. The summed E-state index contributed by atoms with van der Waals surface area (Å²) in [5, 5.41) is 1.12. The maximum absolute atomic E-state index is 12.6. The number of carbonyl (C=O) groups is 1. The highest BCUT2D eigenvalue weighted by Crippen LogP contribution is 2.26. The van der Waals surface area contributed by atoms with E-state index in [0.29, 0.717) is 21.3 Å². The minimum Gasteiger partial charge on any atom is -0.398 e. The quantitative estimate of drug-likeness (QED) is 0.851. The third-order valence-corrected chi connectivity index (χ3v) is 3.95. The molecule has 0 aliphatic carbocycles. The van der Waals surface area contributed by atoms with Crippen LogP contribution in [0.2, 0.25) is 10.0 Å². The normalized spacial score (nSPS) is 12.0. The molecule has 0 heterocycles. The van der Waals surface area contributed by atoms with E-state index >= 15 is 0 Å². The van der Waals surface area contributed by atoms with Crippen LogP contribution in [0.1, 0.15) is 28.9 Å². The van der Waals surface area contributed by atoms with Gasteiger partial charge in [0.2, 0.25) is 0 Å². The van der Waals surface area contributed by atoms with Gasteiger partial charge in [-0.05, 0) is 42.8 Å². The molecular formula is C16H16Cl2N2O. The summed E-state index contributed by atoms with van der Waals surface area (Å²) in [5.41, 5.74) is 7.63. The highest BCUT2D eigenvalue weighted by Gasteiger charge is 2.21. The van der Waals surface area contributed by atoms with Crippen LogP contribution >= 0.6 is 23.2 Å². The van der Waals surface area contributed by atoms with Gasteiger partial charge in [-0.3, -0.25) is 4.79 Å². The molecule has 0 fully saturated rings. The Labute approximate surface area is 134 Å². The zero-order valence-corrected chi connectivity index (χ0v) is 13.3. The third-order valence-electron chi connectivity index (χ3n) is 3.48. The van der Waals surface area contributed by atoms with Crippen LogP contribution in [-0.4, -0.2) is 17.9 Å². The molecule has 0 aliphatic rings. The summed E-state index contributed by atoms with van der Waals surface area (Å²) in [7, 11) is 1.73. The zero-order valence-electron chi connectivity index (χ0n) is 11.8. The fourth-order valence-electron chi connectivity index (χ4n) is 2.07. The van der Waals surface area contributed by atoms with Gasteiger partial charge in [0.1, 0.15) is 0 Å². The summed E-state index contributed by atoms with van der Waals surface area (Å²) in [6.07, 6.45) is 0. The Morgan fingerprint density at radius 3 is 2.48 bits per heavy atom. The molecule has 1 unspecified atom stereocenters. The molecule has 5 heteroatoms. The van der Waals surface area contributed by atoms with Crippen LogP contribution in [0, 0.1) is 0 Å². The van der Waals surface area contributed by atoms with Crippen LogP contribution in [0.25, 0.3) is 0 Å². The molecule has 1 atom stereocenters. The van der Waals surface area contributed by atoms with Crippen molar-refractivity contribution >= 4 is 34.8 Å². The van der Waals surface area contributed by atoms with Crippen molar-refractivity contribution in [1.82, 2.24) is 4.90 Å². The number of benzene rings is 2. The number of nitrogens with two attached hydrogens (primary N) is 1. The van der Waals surface area contributed by atoms with E-state index in [0.717, 1.165) is 5.56 Å². The number of nitrogens with zero attached hydrogens (tertiary/aromatic N) is 1. The molecule has 0 saturated heterocycles. The van der Waals surface area contributed by atoms with Crippen molar-refractivity contribution in [2.75, 3.05) is 12.8 Å². The van der Waals surface area contributed by atoms with Crippen molar-refractivity contribution in [3.63, 3.8) is 0 Å². The molecule has 0 aliphatic heterocycles. The lowest BCUT2D eigenvalue weighted by atomic mass is 10.1. The van der Waals surface area contributed by atoms with Gasteiger partial charge in [0.25, 0.3) is 5.91 Å². The van der Waals surface area contributed by atoms with Crippen LogP contribution in [-0.2, 0) is 0 Å². The van der Waals surface area contributed by atoms with E-state index in [2.05, 4.69) is 0 Å². The molecule has 110 valence electrons. The van der Waals surface area contributed by atoms with E-state index in [9.17, 15) is 4.79 Å². The Morgan fingerprint density at radius 1 is 1.14 bits per heavy atom. The fraction of sp³-hybridized carbons (Fsp3) is 0.188. The highest BCUT2D eigenvalue weighted by molar-refractivity contribution is 6.31. The standard InChI is InChI=1S/C16H16Cl2N2O/c1-10(11-4-3-5-12(17)8-11)20(2)16(21)14-9-13(18)6-7-15(14)19/h3-10H,19H2,1-2H3. The van der Waals surface area contributed by atoms with Gasteiger partial charge in [0, 0.05) is 22.8 Å². The van der Waals surface area contributed by atoms with E-state index in [4.69, 9.17) is 28.9 Å². The van der Waals surface area contributed by atoms with E-state index in [1.54, 1.807) is 36.2 Å². The topological polar surface area (TPSA) is 46.3 Å². The average Bonchev–Trinajstić information content (AvgIpc) is 2.47. The first-order valence-electron chi connectivity index (χ1n) is 6.48. The highest BCUT2D eigenvalue weighted by atomic mass is 35.5. The number of anilines is 1. The van der Waals surface area contributed by atoms with Gasteiger partial charge < -0.3 is 10.6 Å². The molecule has 21 heavy (non-hydrogen) atoms. The number of amides is 1. The molecule has 0 aromatic heterocycles. The molecular weight excluding hydrogens is 307 g/mol. The van der Waals surface area contributed by atoms with E-state index in [1.807, 2.05) is 25.1 Å². The Balaban J connectivity index is 2.28. The average molecular weight is 323 g/mol. The van der Waals surface area contributed by atoms with Crippen molar-refractivity contribution in [2.45, 2.75) is 13.0 Å². The monoisotopic (exact) mass is 322 g/mol. The minimum atomic E-state index is -0.178. The zero-order chi connectivity index (χ0) is 15.6. The van der Waals surface area contributed by atoms with Crippen LogP contribution in [0.3, 0.4) is 0 Å². The maximum atomic E-state index is 12.6. The Hall–Kier alpha value is -1.71. The summed E-state index contributed by atoms with van der Waals surface area (Å²) in [6, 6.07) is 12.2. The Morgan fingerprint density at radius 2 is 1.81 bits per heavy atom. The van der Waals surface area contributed by atoms with Crippen molar-refractivity contribution in [2.24, 2.45) is 0 Å². The first-order chi connectivity index (χ1) is 9.90. The van der Waals surface area contributed by atoms with Gasteiger partial charge in [-0.25, -0.2) is 0 Å². The molecule has 2 N–H and O–H groups in total. The van der Waals surface area contributed by atoms with Gasteiger partial charge in [0.05, 0.1) is 11.6 Å². The first kappa shape index (κ1) is 15.7. The van der Waals surface area contributed by atoms with E-state index in [1.165, 1.54) is 0 Å². The van der Waals surface area contributed by atoms with Crippen LogP contribution in [0.4, 0.5) is 5.69 Å². The lowest BCUT2D eigenvalue weighted by molar-refractivity contribution is 0.0743. The van der Waals surface area contributed by atoms with Crippen LogP contribution < -0.4 is 5.73 Å². The van der Waals surface area contributed by atoms with Gasteiger partial charge in [0.15, 0.2) is 0 Å². The van der Waals surface area contributed by atoms with Crippen LogP contribution in [0.15, 0.2) is 42.5 Å². The number of carbonyl (C=O) groups excluding carboxylic acids is 1. The summed E-state index contributed by atoms with van der Waals surface area (Å²) in [5.74, 6) is -0.178. The number of hydrogen-bond donors (Lipinski definition) is 1. The molecule has 2 rings (SSSR count). The second kappa shape index (κ2) is 6.37. The van der Waals surface area contributed by atoms with Crippen molar-refractivity contribution < 1.29 is 4.79 Å². The minimum absolute atomic E-state index is 0.130. The van der Waals surface area contributed by atoms with Gasteiger partial charge in [-0.1, -0.05) is 35.3 Å². The van der Waals surface area contributed by atoms with Crippen LogP contribution in [0.5, 0.6) is 0 Å². The molecule has 0 radical (unpaired) electrons. The number of hydrogen-bond acceptors (Lipinski definition) is 2. The molecule has 0 saturated carbocycles. The Kier molecular flexibility index (Phi) is 4.76. The second-order valence-corrected chi connectivity index (χ2v) is 5.75. The summed E-state index contributed by atoms with van der Waals surface area (Å²) >= 11 is 11.9. The van der Waals surface area contributed by atoms with E-state index < -0.39 is 0 Å². The van der Waals surface area contributed by atoms with Crippen molar-refractivity contribution in [3.8, 4) is 0 Å². The second-order valence-electron chi connectivity index (χ2n) is 4.88. The fourth-order valence-corrected chi connectivity index (χ4v) is 2.44. The van der Waals surface area contributed by atoms with Crippen molar-refractivity contribution in [1.29, 1.82) is 0 Å². The van der Waals surface area contributed by atoms with Gasteiger partial charge >= 0.3 is 0 Å². The molecule has 0 bridgehead atoms. The molecule has 1 amide bonds. The molecule has 3 nitrogen and oxygen atoms in total. The lowest BCUT2D eigenvalue weighted by Crippen LogP contribution is -2.30. The third kappa shape index (κ3) is 3.49. The van der Waals surface area contributed by atoms with Gasteiger partial charge in [-0.2, -0.15) is 0 Å².